The third-order valence-electron chi connectivity index (χ3n) is 1.56. The number of carboxylic acid groups (broad SMARTS) is 1. The van der Waals surface area contributed by atoms with Gasteiger partial charge in [0.2, 0.25) is 0 Å². The molecule has 0 spiro atoms. The van der Waals surface area contributed by atoms with Gasteiger partial charge in [-0.25, -0.2) is 4.98 Å². The van der Waals surface area contributed by atoms with Gasteiger partial charge in [0, 0.05) is 25.1 Å². The van der Waals surface area contributed by atoms with E-state index in [0.29, 0.717) is 6.42 Å². The summed E-state index contributed by atoms with van der Waals surface area (Å²) in [6.07, 6.45) is 1.85. The molecule has 0 aliphatic heterocycles. The fraction of sp³-hybridized carbons (Fsp3) is 0.375. The molecule has 0 aromatic carbocycles. The van der Waals surface area contributed by atoms with Crippen LogP contribution >= 0.6 is 11.3 Å². The zero-order chi connectivity index (χ0) is 9.68. The first kappa shape index (κ1) is 9.85. The SMILES string of the molecule is C/N=C/C(Cc1cscn1)C(=O)O. The quantitative estimate of drug-likeness (QED) is 0.736. The maximum Gasteiger partial charge on any atom is 0.312 e. The fourth-order valence-corrected chi connectivity index (χ4v) is 1.52. The molecule has 0 bridgehead atoms. The van der Waals surface area contributed by atoms with Gasteiger partial charge in [-0.1, -0.05) is 0 Å². The Morgan fingerprint density at radius 3 is 3.15 bits per heavy atom. The van der Waals surface area contributed by atoms with Crippen molar-refractivity contribution in [2.75, 3.05) is 7.05 Å². The summed E-state index contributed by atoms with van der Waals surface area (Å²) in [5.74, 6) is -1.43. The first-order valence-corrected chi connectivity index (χ1v) is 4.70. The molecule has 0 fully saturated rings. The molecule has 5 heteroatoms. The van der Waals surface area contributed by atoms with Crippen LogP contribution in [-0.2, 0) is 11.2 Å². The summed E-state index contributed by atoms with van der Waals surface area (Å²) >= 11 is 1.46. The number of thiazole rings is 1. The normalized spacial score (nSPS) is 13.3. The molecule has 4 nitrogen and oxygen atoms in total. The van der Waals surface area contributed by atoms with Crippen LogP contribution in [-0.4, -0.2) is 29.3 Å². The fourth-order valence-electron chi connectivity index (χ4n) is 0.947. The summed E-state index contributed by atoms with van der Waals surface area (Å²) in [4.78, 5) is 18.4. The van der Waals surface area contributed by atoms with Crippen molar-refractivity contribution in [3.63, 3.8) is 0 Å². The van der Waals surface area contributed by atoms with Gasteiger partial charge < -0.3 is 5.11 Å². The lowest BCUT2D eigenvalue weighted by molar-refractivity contribution is -0.139. The number of carboxylic acids is 1. The number of rotatable bonds is 4. The monoisotopic (exact) mass is 198 g/mol. The molecule has 1 heterocycles. The average Bonchev–Trinajstić information content (AvgIpc) is 2.56. The first-order chi connectivity index (χ1) is 6.24. The summed E-state index contributed by atoms with van der Waals surface area (Å²) in [6.45, 7) is 0. The van der Waals surface area contributed by atoms with Gasteiger partial charge in [-0.2, -0.15) is 0 Å². The molecule has 70 valence electrons. The molecule has 0 saturated carbocycles. The Bertz CT molecular complexity index is 295. The van der Waals surface area contributed by atoms with Gasteiger partial charge in [-0.05, 0) is 0 Å². The largest absolute Gasteiger partial charge is 0.481 e. The number of carbonyl (C=O) groups is 1. The topological polar surface area (TPSA) is 62.5 Å². The Kier molecular flexibility index (Phi) is 3.57. The third kappa shape index (κ3) is 2.95. The van der Waals surface area contributed by atoms with E-state index >= 15 is 0 Å². The standard InChI is InChI=1S/C8H10N2O2S/c1-9-3-6(8(11)12)2-7-4-13-5-10-7/h3-6H,2H2,1H3,(H,11,12)/b9-3+. The van der Waals surface area contributed by atoms with Crippen molar-refractivity contribution in [3.05, 3.63) is 16.6 Å². The van der Waals surface area contributed by atoms with Gasteiger partial charge in [0.15, 0.2) is 0 Å². The van der Waals surface area contributed by atoms with Crippen LogP contribution < -0.4 is 0 Å². The molecule has 13 heavy (non-hydrogen) atoms. The molecule has 1 atom stereocenters. The van der Waals surface area contributed by atoms with E-state index in [4.69, 9.17) is 5.11 Å². The molecular weight excluding hydrogens is 188 g/mol. The Hall–Kier alpha value is -1.23. The Morgan fingerprint density at radius 1 is 1.92 bits per heavy atom. The van der Waals surface area contributed by atoms with Crippen molar-refractivity contribution in [2.45, 2.75) is 6.42 Å². The van der Waals surface area contributed by atoms with Crippen LogP contribution in [0.5, 0.6) is 0 Å². The smallest absolute Gasteiger partial charge is 0.312 e. The van der Waals surface area contributed by atoms with Crippen LogP contribution in [0.15, 0.2) is 15.9 Å². The lowest BCUT2D eigenvalue weighted by atomic mass is 10.1. The van der Waals surface area contributed by atoms with E-state index < -0.39 is 11.9 Å². The maximum atomic E-state index is 10.7. The van der Waals surface area contributed by atoms with Crippen molar-refractivity contribution in [3.8, 4) is 0 Å². The van der Waals surface area contributed by atoms with Gasteiger partial charge in [0.1, 0.15) is 0 Å². The van der Waals surface area contributed by atoms with Gasteiger partial charge in [-0.3, -0.25) is 9.79 Å². The second-order valence-electron chi connectivity index (χ2n) is 2.54. The summed E-state index contributed by atoms with van der Waals surface area (Å²) in [6, 6.07) is 0. The van der Waals surface area contributed by atoms with Gasteiger partial charge in [-0.15, -0.1) is 11.3 Å². The molecule has 0 aliphatic carbocycles. The number of aliphatic imine (C=N–C) groups is 1. The Balaban J connectivity index is 2.63. The third-order valence-corrected chi connectivity index (χ3v) is 2.19. The molecule has 1 unspecified atom stereocenters. The van der Waals surface area contributed by atoms with E-state index in [-0.39, 0.29) is 0 Å². The van der Waals surface area contributed by atoms with Gasteiger partial charge in [0.25, 0.3) is 0 Å². The summed E-state index contributed by atoms with van der Waals surface area (Å²) in [5, 5.41) is 10.6. The van der Waals surface area contributed by atoms with Crippen molar-refractivity contribution in [1.29, 1.82) is 0 Å². The second-order valence-corrected chi connectivity index (χ2v) is 3.25. The van der Waals surface area contributed by atoms with Crippen LogP contribution in [0.1, 0.15) is 5.69 Å². The van der Waals surface area contributed by atoms with E-state index in [1.165, 1.54) is 17.6 Å². The molecule has 0 amide bonds. The van der Waals surface area contributed by atoms with Crippen molar-refractivity contribution in [2.24, 2.45) is 10.9 Å². The van der Waals surface area contributed by atoms with Crippen molar-refractivity contribution < 1.29 is 9.90 Å². The lowest BCUT2D eigenvalue weighted by Gasteiger charge is -2.02. The maximum absolute atomic E-state index is 10.7. The van der Waals surface area contributed by atoms with E-state index in [2.05, 4.69) is 9.98 Å². The number of hydrogen-bond donors (Lipinski definition) is 1. The zero-order valence-electron chi connectivity index (χ0n) is 7.17. The lowest BCUT2D eigenvalue weighted by Crippen LogP contribution is -2.17. The minimum atomic E-state index is -0.862. The molecular formula is C8H10N2O2S. The minimum Gasteiger partial charge on any atom is -0.481 e. The minimum absolute atomic E-state index is 0.413. The molecule has 0 saturated heterocycles. The zero-order valence-corrected chi connectivity index (χ0v) is 7.99. The van der Waals surface area contributed by atoms with Crippen molar-refractivity contribution in [1.82, 2.24) is 4.98 Å². The highest BCUT2D eigenvalue weighted by Crippen LogP contribution is 2.08. The molecule has 0 aliphatic rings. The highest BCUT2D eigenvalue weighted by molar-refractivity contribution is 7.07. The number of aromatic nitrogens is 1. The Labute approximate surface area is 80.0 Å². The van der Waals surface area contributed by atoms with Crippen molar-refractivity contribution >= 4 is 23.5 Å². The molecule has 1 aromatic heterocycles. The number of aliphatic carboxylic acids is 1. The highest BCUT2D eigenvalue weighted by Gasteiger charge is 2.15. The van der Waals surface area contributed by atoms with E-state index in [1.54, 1.807) is 12.6 Å². The van der Waals surface area contributed by atoms with Crippen LogP contribution in [0.4, 0.5) is 0 Å². The van der Waals surface area contributed by atoms with Gasteiger partial charge in [0.05, 0.1) is 17.1 Å². The highest BCUT2D eigenvalue weighted by atomic mass is 32.1. The van der Waals surface area contributed by atoms with Crippen LogP contribution in [0, 0.1) is 5.92 Å². The summed E-state index contributed by atoms with van der Waals surface area (Å²) in [5.41, 5.74) is 2.49. The molecule has 1 N–H and O–H groups in total. The Morgan fingerprint density at radius 2 is 2.69 bits per heavy atom. The molecule has 0 radical (unpaired) electrons. The van der Waals surface area contributed by atoms with Crippen LogP contribution in [0.3, 0.4) is 0 Å². The number of nitrogens with zero attached hydrogens (tertiary/aromatic N) is 2. The van der Waals surface area contributed by atoms with E-state index in [1.807, 2.05) is 5.38 Å². The van der Waals surface area contributed by atoms with Crippen LogP contribution in [0.25, 0.3) is 0 Å². The van der Waals surface area contributed by atoms with Crippen LogP contribution in [0.2, 0.25) is 0 Å². The van der Waals surface area contributed by atoms with E-state index in [9.17, 15) is 4.79 Å². The van der Waals surface area contributed by atoms with Gasteiger partial charge >= 0.3 is 5.97 Å². The predicted octanol–water partition coefficient (Wildman–Crippen LogP) is 1.09. The molecule has 1 rings (SSSR count). The molecule has 1 aromatic rings. The average molecular weight is 198 g/mol. The summed E-state index contributed by atoms with van der Waals surface area (Å²) in [7, 11) is 1.57. The predicted molar refractivity (Wildman–Crippen MR) is 51.4 cm³/mol. The van der Waals surface area contributed by atoms with E-state index in [0.717, 1.165) is 5.69 Å². The second kappa shape index (κ2) is 4.71. The summed E-state index contributed by atoms with van der Waals surface area (Å²) < 4.78 is 0. The number of hydrogen-bond acceptors (Lipinski definition) is 4. The first-order valence-electron chi connectivity index (χ1n) is 3.76.